The molecule has 0 saturated heterocycles. The number of hydrogen-bond donors (Lipinski definition) is 1. The molecule has 0 fully saturated rings. The molecule has 0 radical (unpaired) electrons. The number of nitro benzene ring substituents is 1. The van der Waals surface area contributed by atoms with Crippen molar-refractivity contribution in [2.45, 2.75) is 6.92 Å². The van der Waals surface area contributed by atoms with Crippen LogP contribution in [0.1, 0.15) is 10.4 Å². The van der Waals surface area contributed by atoms with Crippen molar-refractivity contribution in [1.82, 2.24) is 0 Å². The average molecular weight is 294 g/mol. The number of halogens is 1. The van der Waals surface area contributed by atoms with E-state index in [2.05, 4.69) is 0 Å². The van der Waals surface area contributed by atoms with Crippen LogP contribution >= 0.6 is 22.9 Å². The number of hydrogen-bond acceptors (Lipinski definition) is 5. The van der Waals surface area contributed by atoms with Gasteiger partial charge in [0.2, 0.25) is 0 Å². The molecular formula is C12H8ClN3O2S. The van der Waals surface area contributed by atoms with E-state index < -0.39 is 4.92 Å². The molecule has 0 unspecified atom stereocenters. The van der Waals surface area contributed by atoms with E-state index in [0.29, 0.717) is 16.1 Å². The van der Waals surface area contributed by atoms with Crippen LogP contribution in [0, 0.1) is 28.4 Å². The number of benzene rings is 1. The zero-order valence-corrected chi connectivity index (χ0v) is 11.4. The molecule has 0 aliphatic rings. The maximum atomic E-state index is 10.8. The summed E-state index contributed by atoms with van der Waals surface area (Å²) in [5.74, 6) is 0. The van der Waals surface area contributed by atoms with Crippen LogP contribution in [0.5, 0.6) is 0 Å². The molecule has 1 aromatic carbocycles. The van der Waals surface area contributed by atoms with Gasteiger partial charge in [-0.1, -0.05) is 11.6 Å². The second kappa shape index (κ2) is 4.88. The lowest BCUT2D eigenvalue weighted by Gasteiger charge is -2.01. The molecule has 19 heavy (non-hydrogen) atoms. The molecule has 1 heterocycles. The van der Waals surface area contributed by atoms with Gasteiger partial charge >= 0.3 is 0 Å². The van der Waals surface area contributed by atoms with Gasteiger partial charge in [-0.3, -0.25) is 10.1 Å². The number of thiophene rings is 1. The highest BCUT2D eigenvalue weighted by molar-refractivity contribution is 7.16. The minimum atomic E-state index is -0.507. The standard InChI is InChI=1S/C12H8ClN3O2S/c1-6-11(15)10(5-14)19-12(6)7-2-8(13)4-9(3-7)16(17)18/h2-4H,15H2,1H3. The number of nitrogens with two attached hydrogens (primary N) is 1. The molecule has 5 nitrogen and oxygen atoms in total. The van der Waals surface area contributed by atoms with E-state index in [1.54, 1.807) is 13.0 Å². The van der Waals surface area contributed by atoms with Crippen LogP contribution in [-0.2, 0) is 0 Å². The van der Waals surface area contributed by atoms with Crippen molar-refractivity contribution in [2.75, 3.05) is 5.73 Å². The fraction of sp³-hybridized carbons (Fsp3) is 0.0833. The summed E-state index contributed by atoms with van der Waals surface area (Å²) in [6.45, 7) is 1.77. The van der Waals surface area contributed by atoms with Gasteiger partial charge in [0.1, 0.15) is 10.9 Å². The summed E-state index contributed by atoms with van der Waals surface area (Å²) >= 11 is 7.08. The highest BCUT2D eigenvalue weighted by Gasteiger charge is 2.17. The molecule has 0 aliphatic carbocycles. The van der Waals surface area contributed by atoms with E-state index in [4.69, 9.17) is 22.6 Å². The Bertz CT molecular complexity index is 718. The smallest absolute Gasteiger partial charge is 0.271 e. The Balaban J connectivity index is 2.66. The van der Waals surface area contributed by atoms with Gasteiger partial charge in [0.25, 0.3) is 5.69 Å². The first-order valence-corrected chi connectivity index (χ1v) is 6.37. The van der Waals surface area contributed by atoms with Crippen molar-refractivity contribution in [3.63, 3.8) is 0 Å². The largest absolute Gasteiger partial charge is 0.397 e. The van der Waals surface area contributed by atoms with Crippen molar-refractivity contribution in [1.29, 1.82) is 5.26 Å². The molecule has 96 valence electrons. The molecular weight excluding hydrogens is 286 g/mol. The van der Waals surface area contributed by atoms with Gasteiger partial charge in [0.05, 0.1) is 10.6 Å². The summed E-state index contributed by atoms with van der Waals surface area (Å²) < 4.78 is 0. The van der Waals surface area contributed by atoms with Crippen molar-refractivity contribution in [2.24, 2.45) is 0 Å². The first-order valence-electron chi connectivity index (χ1n) is 5.18. The van der Waals surface area contributed by atoms with E-state index >= 15 is 0 Å². The topological polar surface area (TPSA) is 93.0 Å². The molecule has 1 aromatic heterocycles. The zero-order valence-electron chi connectivity index (χ0n) is 9.81. The van der Waals surface area contributed by atoms with Gasteiger partial charge in [-0.25, -0.2) is 0 Å². The molecule has 7 heteroatoms. The molecule has 2 N–H and O–H groups in total. The van der Waals surface area contributed by atoms with Crippen molar-refractivity contribution in [3.8, 4) is 16.5 Å². The van der Waals surface area contributed by atoms with Crippen LogP contribution in [0.4, 0.5) is 11.4 Å². The number of anilines is 1. The Morgan fingerprint density at radius 1 is 1.47 bits per heavy atom. The van der Waals surface area contributed by atoms with Crippen LogP contribution < -0.4 is 5.73 Å². The van der Waals surface area contributed by atoms with Crippen LogP contribution in [0.25, 0.3) is 10.4 Å². The van der Waals surface area contributed by atoms with E-state index in [1.165, 1.54) is 23.5 Å². The van der Waals surface area contributed by atoms with Gasteiger partial charge in [-0.2, -0.15) is 5.26 Å². The third-order valence-electron chi connectivity index (χ3n) is 2.65. The maximum absolute atomic E-state index is 10.8. The number of non-ortho nitro benzene ring substituents is 1. The normalized spacial score (nSPS) is 10.2. The maximum Gasteiger partial charge on any atom is 0.271 e. The Labute approximate surface area is 118 Å². The van der Waals surface area contributed by atoms with Crippen molar-refractivity contribution < 1.29 is 4.92 Å². The van der Waals surface area contributed by atoms with Crippen LogP contribution in [-0.4, -0.2) is 4.92 Å². The lowest BCUT2D eigenvalue weighted by Crippen LogP contribution is -1.90. The van der Waals surface area contributed by atoms with Gasteiger partial charge in [0.15, 0.2) is 0 Å². The molecule has 0 saturated carbocycles. The molecule has 0 amide bonds. The quantitative estimate of drug-likeness (QED) is 0.674. The molecule has 2 rings (SSSR count). The average Bonchev–Trinajstić information content (AvgIpc) is 2.65. The number of nitrogens with zero attached hydrogens (tertiary/aromatic N) is 2. The van der Waals surface area contributed by atoms with Gasteiger partial charge in [0, 0.05) is 27.6 Å². The minimum Gasteiger partial charge on any atom is -0.397 e. The highest BCUT2D eigenvalue weighted by atomic mass is 35.5. The summed E-state index contributed by atoms with van der Waals surface area (Å²) in [4.78, 5) is 11.4. The lowest BCUT2D eigenvalue weighted by atomic mass is 10.1. The monoisotopic (exact) mass is 293 g/mol. The van der Waals surface area contributed by atoms with Crippen LogP contribution in [0.15, 0.2) is 18.2 Å². The summed E-state index contributed by atoms with van der Waals surface area (Å²) in [5.41, 5.74) is 7.45. The first kappa shape index (κ1) is 13.3. The fourth-order valence-corrected chi connectivity index (χ4v) is 2.94. The summed E-state index contributed by atoms with van der Waals surface area (Å²) in [6, 6.07) is 6.33. The number of nitrogen functional groups attached to an aromatic ring is 1. The van der Waals surface area contributed by atoms with Crippen molar-refractivity contribution >= 4 is 34.3 Å². The predicted molar refractivity (Wildman–Crippen MR) is 75.3 cm³/mol. The fourth-order valence-electron chi connectivity index (χ4n) is 1.70. The summed E-state index contributed by atoms with van der Waals surface area (Å²) in [6.07, 6.45) is 0. The Hall–Kier alpha value is -2.10. The Morgan fingerprint density at radius 3 is 2.68 bits per heavy atom. The molecule has 0 aliphatic heterocycles. The molecule has 2 aromatic rings. The second-order valence-electron chi connectivity index (χ2n) is 3.87. The van der Waals surface area contributed by atoms with E-state index in [9.17, 15) is 10.1 Å². The first-order chi connectivity index (χ1) is 8.93. The lowest BCUT2D eigenvalue weighted by molar-refractivity contribution is -0.384. The molecule has 0 bridgehead atoms. The van der Waals surface area contributed by atoms with E-state index in [0.717, 1.165) is 10.4 Å². The number of rotatable bonds is 2. The van der Waals surface area contributed by atoms with E-state index in [1.807, 2.05) is 6.07 Å². The van der Waals surface area contributed by atoms with Crippen LogP contribution in [0.2, 0.25) is 5.02 Å². The van der Waals surface area contributed by atoms with Gasteiger partial charge in [-0.05, 0) is 18.6 Å². The minimum absolute atomic E-state index is 0.0904. The third-order valence-corrected chi connectivity index (χ3v) is 4.13. The zero-order chi connectivity index (χ0) is 14.2. The van der Waals surface area contributed by atoms with E-state index in [-0.39, 0.29) is 10.7 Å². The molecule has 0 atom stereocenters. The van der Waals surface area contributed by atoms with Gasteiger partial charge < -0.3 is 5.73 Å². The Kier molecular flexibility index (Phi) is 3.42. The number of nitriles is 1. The molecule has 0 spiro atoms. The second-order valence-corrected chi connectivity index (χ2v) is 5.32. The SMILES string of the molecule is Cc1c(-c2cc(Cl)cc([N+](=O)[O-])c2)sc(C#N)c1N. The summed E-state index contributed by atoms with van der Waals surface area (Å²) in [5, 5.41) is 20.0. The third kappa shape index (κ3) is 2.38. The van der Waals surface area contributed by atoms with Crippen molar-refractivity contribution in [3.05, 3.63) is 43.8 Å². The summed E-state index contributed by atoms with van der Waals surface area (Å²) in [7, 11) is 0. The predicted octanol–water partition coefficient (Wildman–Crippen LogP) is 3.74. The Morgan fingerprint density at radius 2 is 2.16 bits per heavy atom. The highest BCUT2D eigenvalue weighted by Crippen LogP contribution is 2.39. The van der Waals surface area contributed by atoms with Crippen LogP contribution in [0.3, 0.4) is 0 Å². The van der Waals surface area contributed by atoms with Gasteiger partial charge in [-0.15, -0.1) is 11.3 Å². The number of nitro groups is 1.